The summed E-state index contributed by atoms with van der Waals surface area (Å²) in [6.45, 7) is 4.30. The van der Waals surface area contributed by atoms with Crippen molar-refractivity contribution in [3.05, 3.63) is 29.3 Å². The molecule has 1 heterocycles. The molecule has 1 aromatic rings. The quantitative estimate of drug-likeness (QED) is 0.788. The zero-order valence-corrected chi connectivity index (χ0v) is 10.3. The molecule has 0 amide bonds. The molecule has 1 aliphatic rings. The molecule has 0 atom stereocenters. The van der Waals surface area contributed by atoms with Crippen LogP contribution in [0.25, 0.3) is 0 Å². The third-order valence-corrected chi connectivity index (χ3v) is 4.76. The van der Waals surface area contributed by atoms with Gasteiger partial charge in [-0.25, -0.2) is 8.42 Å². The highest BCUT2D eigenvalue weighted by Gasteiger charge is 2.21. The Bertz CT molecular complexity index is 544. The Hall–Kier alpha value is -1.16. The van der Waals surface area contributed by atoms with E-state index in [2.05, 4.69) is 4.99 Å². The van der Waals surface area contributed by atoms with Crippen LogP contribution in [0.5, 0.6) is 0 Å². The minimum absolute atomic E-state index is 0.152. The topological polar surface area (TPSA) is 46.5 Å². The van der Waals surface area contributed by atoms with E-state index < -0.39 is 9.84 Å². The van der Waals surface area contributed by atoms with Crippen molar-refractivity contribution in [1.29, 1.82) is 0 Å². The maximum atomic E-state index is 11.9. The second-order valence-electron chi connectivity index (χ2n) is 3.90. The lowest BCUT2D eigenvalue weighted by molar-refractivity contribution is 0.596. The highest BCUT2D eigenvalue weighted by atomic mass is 32.2. The van der Waals surface area contributed by atoms with Gasteiger partial charge in [-0.2, -0.15) is 0 Å². The standard InChI is InChI=1S/C12H15NO2S/c1-3-16(14,15)12-6-4-5-10-9(2)13-8-7-11(10)12/h4-6H,3,7-8H2,1-2H3. The predicted molar refractivity (Wildman–Crippen MR) is 65.0 cm³/mol. The van der Waals surface area contributed by atoms with Gasteiger partial charge in [0.05, 0.1) is 10.6 Å². The molecule has 0 fully saturated rings. The van der Waals surface area contributed by atoms with Crippen molar-refractivity contribution in [2.45, 2.75) is 25.2 Å². The highest BCUT2D eigenvalue weighted by molar-refractivity contribution is 7.91. The van der Waals surface area contributed by atoms with Gasteiger partial charge in [0.25, 0.3) is 0 Å². The molecule has 0 aromatic heterocycles. The molecular weight excluding hydrogens is 222 g/mol. The largest absolute Gasteiger partial charge is 0.289 e. The molecule has 86 valence electrons. The van der Waals surface area contributed by atoms with Crippen LogP contribution in [0.3, 0.4) is 0 Å². The minimum Gasteiger partial charge on any atom is -0.289 e. The second kappa shape index (κ2) is 4.01. The summed E-state index contributed by atoms with van der Waals surface area (Å²) in [6, 6.07) is 5.45. The molecule has 16 heavy (non-hydrogen) atoms. The molecule has 4 heteroatoms. The first-order valence-corrected chi connectivity index (χ1v) is 7.07. The summed E-state index contributed by atoms with van der Waals surface area (Å²) in [6.07, 6.45) is 0.724. The molecule has 3 nitrogen and oxygen atoms in total. The number of sulfone groups is 1. The van der Waals surface area contributed by atoms with Gasteiger partial charge in [0.2, 0.25) is 0 Å². The molecule has 0 saturated carbocycles. The van der Waals surface area contributed by atoms with Gasteiger partial charge in [-0.1, -0.05) is 19.1 Å². The van der Waals surface area contributed by atoms with E-state index in [0.29, 0.717) is 11.4 Å². The zero-order chi connectivity index (χ0) is 11.8. The van der Waals surface area contributed by atoms with Gasteiger partial charge in [-0.05, 0) is 30.5 Å². The average Bonchev–Trinajstić information content (AvgIpc) is 2.29. The lowest BCUT2D eigenvalue weighted by Gasteiger charge is -2.17. The van der Waals surface area contributed by atoms with E-state index >= 15 is 0 Å². The molecule has 1 aromatic carbocycles. The van der Waals surface area contributed by atoms with Crippen LogP contribution in [0.4, 0.5) is 0 Å². The van der Waals surface area contributed by atoms with Crippen LogP contribution in [0.1, 0.15) is 25.0 Å². The molecule has 0 bridgehead atoms. The number of benzene rings is 1. The molecule has 0 N–H and O–H groups in total. The lowest BCUT2D eigenvalue weighted by Crippen LogP contribution is -2.15. The van der Waals surface area contributed by atoms with E-state index in [1.54, 1.807) is 19.1 Å². The molecule has 2 rings (SSSR count). The summed E-state index contributed by atoms with van der Waals surface area (Å²) in [4.78, 5) is 4.83. The third-order valence-electron chi connectivity index (χ3n) is 2.95. The monoisotopic (exact) mass is 237 g/mol. The second-order valence-corrected chi connectivity index (χ2v) is 6.15. The number of nitrogens with zero attached hydrogens (tertiary/aromatic N) is 1. The first-order chi connectivity index (χ1) is 7.56. The van der Waals surface area contributed by atoms with E-state index in [1.165, 1.54) is 0 Å². The Balaban J connectivity index is 2.67. The first-order valence-electron chi connectivity index (χ1n) is 5.42. The normalized spacial score (nSPS) is 15.5. The molecule has 0 aliphatic carbocycles. The fourth-order valence-corrected chi connectivity index (χ4v) is 3.21. The Morgan fingerprint density at radius 3 is 2.81 bits per heavy atom. The van der Waals surface area contributed by atoms with Crippen LogP contribution in [0.2, 0.25) is 0 Å². The van der Waals surface area contributed by atoms with Gasteiger partial charge in [0.1, 0.15) is 0 Å². The van der Waals surface area contributed by atoms with Crippen molar-refractivity contribution in [3.63, 3.8) is 0 Å². The van der Waals surface area contributed by atoms with Crippen LogP contribution < -0.4 is 0 Å². The summed E-state index contributed by atoms with van der Waals surface area (Å²) in [7, 11) is -3.12. The molecule has 0 radical (unpaired) electrons. The fraction of sp³-hybridized carbons (Fsp3) is 0.417. The maximum Gasteiger partial charge on any atom is 0.178 e. The van der Waals surface area contributed by atoms with E-state index in [-0.39, 0.29) is 5.75 Å². The van der Waals surface area contributed by atoms with Gasteiger partial charge in [-0.3, -0.25) is 4.99 Å². The Labute approximate surface area is 96.1 Å². The van der Waals surface area contributed by atoms with Gasteiger partial charge in [0, 0.05) is 12.3 Å². The molecule has 1 aliphatic heterocycles. The van der Waals surface area contributed by atoms with Crippen molar-refractivity contribution in [1.82, 2.24) is 0 Å². The lowest BCUT2D eigenvalue weighted by atomic mass is 9.98. The first kappa shape index (κ1) is 11.3. The molecule has 0 spiro atoms. The summed E-state index contributed by atoms with van der Waals surface area (Å²) in [5, 5.41) is 0. The van der Waals surface area contributed by atoms with Gasteiger partial charge >= 0.3 is 0 Å². The summed E-state index contributed by atoms with van der Waals surface area (Å²) >= 11 is 0. The minimum atomic E-state index is -3.12. The third kappa shape index (κ3) is 1.78. The van der Waals surface area contributed by atoms with Crippen molar-refractivity contribution in [2.75, 3.05) is 12.3 Å². The number of hydrogen-bond donors (Lipinski definition) is 0. The Kier molecular flexibility index (Phi) is 2.84. The number of fused-ring (bicyclic) bond motifs is 1. The van der Waals surface area contributed by atoms with Crippen molar-refractivity contribution in [3.8, 4) is 0 Å². The predicted octanol–water partition coefficient (Wildman–Crippen LogP) is 1.85. The van der Waals surface area contributed by atoms with Gasteiger partial charge < -0.3 is 0 Å². The maximum absolute atomic E-state index is 11.9. The smallest absolute Gasteiger partial charge is 0.178 e. The molecular formula is C12H15NO2S. The number of hydrogen-bond acceptors (Lipinski definition) is 3. The van der Waals surface area contributed by atoms with E-state index in [1.807, 2.05) is 13.0 Å². The van der Waals surface area contributed by atoms with Crippen LogP contribution in [-0.2, 0) is 16.3 Å². The zero-order valence-electron chi connectivity index (χ0n) is 9.53. The number of aliphatic imine (C=N–C) groups is 1. The van der Waals surface area contributed by atoms with Crippen LogP contribution >= 0.6 is 0 Å². The molecule has 0 unspecified atom stereocenters. The van der Waals surface area contributed by atoms with E-state index in [9.17, 15) is 8.42 Å². The number of rotatable bonds is 2. The summed E-state index contributed by atoms with van der Waals surface area (Å²) < 4.78 is 23.9. The van der Waals surface area contributed by atoms with Crippen molar-refractivity contribution >= 4 is 15.5 Å². The fourth-order valence-electron chi connectivity index (χ4n) is 2.03. The van der Waals surface area contributed by atoms with E-state index in [0.717, 1.165) is 23.3 Å². The summed E-state index contributed by atoms with van der Waals surface area (Å²) in [5.74, 6) is 0.152. The van der Waals surface area contributed by atoms with E-state index in [4.69, 9.17) is 0 Å². The highest BCUT2D eigenvalue weighted by Crippen LogP contribution is 2.24. The Morgan fingerprint density at radius 1 is 1.38 bits per heavy atom. The van der Waals surface area contributed by atoms with Crippen LogP contribution in [-0.4, -0.2) is 26.4 Å². The van der Waals surface area contributed by atoms with Crippen molar-refractivity contribution in [2.24, 2.45) is 4.99 Å². The summed E-state index contributed by atoms with van der Waals surface area (Å²) in [5.41, 5.74) is 2.87. The Morgan fingerprint density at radius 2 is 2.12 bits per heavy atom. The van der Waals surface area contributed by atoms with Crippen molar-refractivity contribution < 1.29 is 8.42 Å². The molecule has 0 saturated heterocycles. The SMILES string of the molecule is CCS(=O)(=O)c1cccc2c1CCN=C2C. The van der Waals surface area contributed by atoms with Gasteiger partial charge in [-0.15, -0.1) is 0 Å². The van der Waals surface area contributed by atoms with Crippen LogP contribution in [0.15, 0.2) is 28.1 Å². The average molecular weight is 237 g/mol. The van der Waals surface area contributed by atoms with Crippen LogP contribution in [0, 0.1) is 0 Å². The van der Waals surface area contributed by atoms with Gasteiger partial charge in [0.15, 0.2) is 9.84 Å².